The van der Waals surface area contributed by atoms with Gasteiger partial charge in [-0.2, -0.15) is 8.42 Å². The zero-order valence-electron chi connectivity index (χ0n) is 40.0. The van der Waals surface area contributed by atoms with E-state index in [1.807, 2.05) is 0 Å². The summed E-state index contributed by atoms with van der Waals surface area (Å²) in [7, 11) is -4.62. The topological polar surface area (TPSA) is 186 Å². The summed E-state index contributed by atoms with van der Waals surface area (Å²) in [6, 6.07) is 0. The zero-order valence-corrected chi connectivity index (χ0v) is 40.8. The highest BCUT2D eigenvalue weighted by atomic mass is 32.2. The van der Waals surface area contributed by atoms with Crippen molar-refractivity contribution in [3.05, 3.63) is 109 Å². The number of hydrogen-bond donors (Lipinski definition) is 4. The number of ether oxygens (including phenoxy) is 4. The Morgan fingerprint density at radius 2 is 0.955 bits per heavy atom. The summed E-state index contributed by atoms with van der Waals surface area (Å²) in [5.74, 6) is -2.08. The molecule has 1 heterocycles. The molecule has 0 aromatic heterocycles. The summed E-state index contributed by atoms with van der Waals surface area (Å²) >= 11 is 0. The van der Waals surface area contributed by atoms with Crippen LogP contribution in [0.2, 0.25) is 0 Å². The van der Waals surface area contributed by atoms with E-state index in [9.17, 15) is 37.9 Å². The normalized spacial score (nSPS) is 20.4. The van der Waals surface area contributed by atoms with Gasteiger partial charge in [-0.25, -0.2) is 0 Å². The first-order valence-electron chi connectivity index (χ1n) is 24.4. The van der Waals surface area contributed by atoms with Gasteiger partial charge in [0, 0.05) is 12.8 Å². The van der Waals surface area contributed by atoms with Crippen LogP contribution in [0.25, 0.3) is 0 Å². The largest absolute Gasteiger partial charge is 0.462 e. The number of aliphatic hydroxyl groups excluding tert-OH is 3. The van der Waals surface area contributed by atoms with Crippen molar-refractivity contribution in [1.82, 2.24) is 0 Å². The van der Waals surface area contributed by atoms with Crippen molar-refractivity contribution in [2.45, 2.75) is 192 Å². The number of carbonyl (C=O) groups excluding carboxylic acids is 2. The lowest BCUT2D eigenvalue weighted by Gasteiger charge is -2.40. The number of unbranched alkanes of at least 4 members (excludes halogenated alkanes) is 9. The molecule has 0 aliphatic carbocycles. The molecule has 6 atom stereocenters. The average Bonchev–Trinajstić information content (AvgIpc) is 3.28. The summed E-state index contributed by atoms with van der Waals surface area (Å²) < 4.78 is 54.1. The second-order valence-corrected chi connectivity index (χ2v) is 17.9. The van der Waals surface area contributed by atoms with E-state index in [0.29, 0.717) is 12.8 Å². The Kier molecular flexibility index (Phi) is 37.9. The molecule has 0 spiro atoms. The molecule has 0 aromatic carbocycles. The highest BCUT2D eigenvalue weighted by Crippen LogP contribution is 2.24. The molecule has 2 unspecified atom stereocenters. The molecule has 1 rings (SSSR count). The van der Waals surface area contributed by atoms with Crippen molar-refractivity contribution < 1.29 is 56.8 Å². The first kappa shape index (κ1) is 60.3. The number of aliphatic hydroxyl groups is 3. The highest BCUT2D eigenvalue weighted by Gasteiger charge is 2.46. The van der Waals surface area contributed by atoms with Crippen LogP contribution in [-0.4, -0.2) is 96.0 Å². The summed E-state index contributed by atoms with van der Waals surface area (Å²) in [6.45, 7) is 3.55. The van der Waals surface area contributed by atoms with E-state index in [0.717, 1.165) is 96.3 Å². The molecule has 0 aromatic rings. The molecular formula is C53H84O12S. The first-order chi connectivity index (χ1) is 32.0. The summed E-state index contributed by atoms with van der Waals surface area (Å²) in [5.41, 5.74) is 0. The molecule has 0 amide bonds. The maximum atomic E-state index is 12.8. The van der Waals surface area contributed by atoms with Gasteiger partial charge < -0.3 is 34.3 Å². The Balaban J connectivity index is 2.48. The lowest BCUT2D eigenvalue weighted by molar-refractivity contribution is -0.297. The molecule has 1 aliphatic rings. The minimum atomic E-state index is -4.62. The Hall–Kier alpha value is -3.69. The fraction of sp³-hybridized carbons (Fsp3) is 0.623. The van der Waals surface area contributed by atoms with Gasteiger partial charge in [-0.1, -0.05) is 149 Å². The summed E-state index contributed by atoms with van der Waals surface area (Å²) in [5, 5.41) is 30.9. The fourth-order valence-corrected chi connectivity index (χ4v) is 7.26. The van der Waals surface area contributed by atoms with Crippen LogP contribution < -0.4 is 0 Å². The van der Waals surface area contributed by atoms with Crippen LogP contribution in [0.1, 0.15) is 155 Å². The molecule has 374 valence electrons. The molecular weight excluding hydrogens is 861 g/mol. The fourth-order valence-electron chi connectivity index (χ4n) is 6.57. The van der Waals surface area contributed by atoms with E-state index in [4.69, 9.17) is 18.9 Å². The Morgan fingerprint density at radius 3 is 1.39 bits per heavy atom. The van der Waals surface area contributed by atoms with Crippen LogP contribution in [0.5, 0.6) is 0 Å². The van der Waals surface area contributed by atoms with E-state index < -0.39 is 71.2 Å². The van der Waals surface area contributed by atoms with Gasteiger partial charge in [-0.3, -0.25) is 14.1 Å². The van der Waals surface area contributed by atoms with Crippen LogP contribution in [0, 0.1) is 0 Å². The number of esters is 2. The second-order valence-electron chi connectivity index (χ2n) is 16.4. The zero-order chi connectivity index (χ0) is 48.4. The molecule has 0 bridgehead atoms. The van der Waals surface area contributed by atoms with Crippen LogP contribution in [-0.2, 0) is 38.7 Å². The van der Waals surface area contributed by atoms with Gasteiger partial charge in [0.15, 0.2) is 12.4 Å². The van der Waals surface area contributed by atoms with Crippen LogP contribution in [0.4, 0.5) is 0 Å². The van der Waals surface area contributed by atoms with Crippen molar-refractivity contribution in [1.29, 1.82) is 0 Å². The van der Waals surface area contributed by atoms with Crippen molar-refractivity contribution in [3.8, 4) is 0 Å². The quantitative estimate of drug-likeness (QED) is 0.0198. The minimum absolute atomic E-state index is 0.111. The third kappa shape index (κ3) is 35.5. The smallest absolute Gasteiger partial charge is 0.306 e. The SMILES string of the molecule is CC/C=C/C/C=C/C/C=C/C/C=C/C/C=C/CCCCCC(=O)O[C@H](COC(=O)CCCCC/C=C/C/C=C/C/C=C/C/C=C/CCCCC)CO[C@H]1O[C@H](CS(=O)(=O)O)[C@@H](O)C(O)C1O. The number of rotatable bonds is 39. The second kappa shape index (κ2) is 41.5. The Bertz CT molecular complexity index is 1620. The lowest BCUT2D eigenvalue weighted by atomic mass is 10.00. The summed E-state index contributed by atoms with van der Waals surface area (Å²) in [6.07, 6.45) is 48.4. The maximum absolute atomic E-state index is 12.8. The lowest BCUT2D eigenvalue weighted by Crippen LogP contribution is -2.60. The molecule has 4 N–H and O–H groups in total. The molecule has 0 saturated carbocycles. The Morgan fingerprint density at radius 1 is 0.530 bits per heavy atom. The van der Waals surface area contributed by atoms with E-state index in [1.165, 1.54) is 19.3 Å². The maximum Gasteiger partial charge on any atom is 0.306 e. The van der Waals surface area contributed by atoms with E-state index in [2.05, 4.69) is 123 Å². The number of hydrogen-bond acceptors (Lipinski definition) is 11. The van der Waals surface area contributed by atoms with Crippen molar-refractivity contribution in [2.24, 2.45) is 0 Å². The number of carbonyl (C=O) groups is 2. The molecule has 1 fully saturated rings. The molecule has 1 saturated heterocycles. The van der Waals surface area contributed by atoms with E-state index >= 15 is 0 Å². The molecule has 66 heavy (non-hydrogen) atoms. The van der Waals surface area contributed by atoms with Crippen molar-refractivity contribution in [2.75, 3.05) is 19.0 Å². The van der Waals surface area contributed by atoms with Gasteiger partial charge in [-0.15, -0.1) is 0 Å². The third-order valence-corrected chi connectivity index (χ3v) is 11.1. The van der Waals surface area contributed by atoms with Gasteiger partial charge >= 0.3 is 11.9 Å². The van der Waals surface area contributed by atoms with Crippen molar-refractivity contribution in [3.63, 3.8) is 0 Å². The number of allylic oxidation sites excluding steroid dienone is 18. The van der Waals surface area contributed by atoms with E-state index in [1.54, 1.807) is 0 Å². The molecule has 1 aliphatic heterocycles. The van der Waals surface area contributed by atoms with E-state index in [-0.39, 0.29) is 19.4 Å². The van der Waals surface area contributed by atoms with Gasteiger partial charge in [-0.05, 0) is 103 Å². The Labute approximate surface area is 397 Å². The van der Waals surface area contributed by atoms with Gasteiger partial charge in [0.25, 0.3) is 10.1 Å². The van der Waals surface area contributed by atoms with Crippen LogP contribution >= 0.6 is 0 Å². The van der Waals surface area contributed by atoms with Crippen LogP contribution in [0.3, 0.4) is 0 Å². The van der Waals surface area contributed by atoms with Gasteiger partial charge in [0.05, 0.1) is 6.61 Å². The van der Waals surface area contributed by atoms with Gasteiger partial charge in [0.1, 0.15) is 36.8 Å². The monoisotopic (exact) mass is 945 g/mol. The molecule has 0 radical (unpaired) electrons. The predicted octanol–water partition coefficient (Wildman–Crippen LogP) is 10.8. The predicted molar refractivity (Wildman–Crippen MR) is 265 cm³/mol. The highest BCUT2D eigenvalue weighted by molar-refractivity contribution is 7.85. The van der Waals surface area contributed by atoms with Crippen LogP contribution in [0.15, 0.2) is 109 Å². The van der Waals surface area contributed by atoms with Crippen molar-refractivity contribution >= 4 is 22.1 Å². The minimum Gasteiger partial charge on any atom is -0.462 e. The first-order valence-corrected chi connectivity index (χ1v) is 26.1. The standard InChI is InChI=1S/C53H84O12S/c1-3-5-7-9-11-13-15-17-19-21-23-25-27-29-31-33-35-37-39-41-48(54)62-43-46(44-63-53-52(58)51(57)50(56)47(65-53)45-66(59,60)61)64-49(55)42-40-38-36-34-32-30-28-26-24-22-20-18-16-14-12-10-8-6-4-2/h6,8,11-14,17-20,23-26,29-32,46-47,50-53,56-58H,3-5,7,9-10,15-16,21-22,27-28,33-45H2,1-2H3,(H,59,60,61)/b8-6+,13-11+,14-12+,19-17+,20-18+,25-23+,26-24+,31-29+,32-30+/t46-,47-,50-,51?,52?,53+/m1/s1. The molecule has 13 heteroatoms. The average molecular weight is 945 g/mol. The molecule has 12 nitrogen and oxygen atoms in total. The third-order valence-electron chi connectivity index (χ3n) is 10.3. The van der Waals surface area contributed by atoms with Gasteiger partial charge in [0.2, 0.25) is 0 Å². The summed E-state index contributed by atoms with van der Waals surface area (Å²) in [4.78, 5) is 25.5.